The van der Waals surface area contributed by atoms with Crippen LogP contribution in [0.1, 0.15) is 20.3 Å². The molecule has 27 heavy (non-hydrogen) atoms. The molecule has 2 N–H and O–H groups in total. The Hall–Kier alpha value is -3.02. The molecule has 0 aliphatic carbocycles. The zero-order valence-corrected chi connectivity index (χ0v) is 15.9. The number of anilines is 2. The van der Waals surface area contributed by atoms with Crippen molar-refractivity contribution in [2.75, 3.05) is 36.5 Å². The molecule has 144 valence electrons. The molecule has 0 unspecified atom stereocenters. The first kappa shape index (κ1) is 20.3. The standard InChI is InChI=1S/C21H27N3O3/c1-3-24(4-2)18-12-10-17(11-13-18)23-21(26)16-22-20(25)14-15-27-19-8-6-5-7-9-19/h5-13H,3-4,14-16H2,1-2H3,(H,22,25)(H,23,26). The fourth-order valence-electron chi connectivity index (χ4n) is 2.60. The smallest absolute Gasteiger partial charge is 0.243 e. The quantitative estimate of drug-likeness (QED) is 0.675. The van der Waals surface area contributed by atoms with Gasteiger partial charge < -0.3 is 20.3 Å². The monoisotopic (exact) mass is 369 g/mol. The molecule has 0 saturated heterocycles. The van der Waals surface area contributed by atoms with Crippen LogP contribution in [0.25, 0.3) is 0 Å². The second kappa shape index (κ2) is 10.9. The Morgan fingerprint density at radius 1 is 0.926 bits per heavy atom. The van der Waals surface area contributed by atoms with Gasteiger partial charge in [-0.25, -0.2) is 0 Å². The highest BCUT2D eigenvalue weighted by Crippen LogP contribution is 2.17. The molecular formula is C21H27N3O3. The molecule has 0 aliphatic rings. The van der Waals surface area contributed by atoms with E-state index in [-0.39, 0.29) is 31.4 Å². The van der Waals surface area contributed by atoms with Crippen molar-refractivity contribution in [2.24, 2.45) is 0 Å². The van der Waals surface area contributed by atoms with E-state index in [9.17, 15) is 9.59 Å². The van der Waals surface area contributed by atoms with Gasteiger partial charge in [0.2, 0.25) is 11.8 Å². The molecule has 0 saturated carbocycles. The Labute approximate surface area is 160 Å². The average molecular weight is 369 g/mol. The van der Waals surface area contributed by atoms with Crippen LogP contribution in [0.2, 0.25) is 0 Å². The zero-order valence-electron chi connectivity index (χ0n) is 15.9. The minimum Gasteiger partial charge on any atom is -0.493 e. The summed E-state index contributed by atoms with van der Waals surface area (Å²) >= 11 is 0. The van der Waals surface area contributed by atoms with Gasteiger partial charge in [-0.3, -0.25) is 9.59 Å². The number of nitrogens with one attached hydrogen (secondary N) is 2. The zero-order chi connectivity index (χ0) is 19.5. The van der Waals surface area contributed by atoms with E-state index in [1.54, 1.807) is 0 Å². The highest BCUT2D eigenvalue weighted by atomic mass is 16.5. The number of hydrogen-bond donors (Lipinski definition) is 2. The van der Waals surface area contributed by atoms with Gasteiger partial charge in [0.25, 0.3) is 0 Å². The summed E-state index contributed by atoms with van der Waals surface area (Å²) in [6.07, 6.45) is 0.195. The molecule has 0 bridgehead atoms. The van der Waals surface area contributed by atoms with Crippen molar-refractivity contribution in [3.8, 4) is 5.75 Å². The molecule has 6 heteroatoms. The molecule has 2 aromatic rings. The first-order valence-electron chi connectivity index (χ1n) is 9.21. The van der Waals surface area contributed by atoms with Crippen molar-refractivity contribution in [1.82, 2.24) is 5.32 Å². The molecule has 0 spiro atoms. The van der Waals surface area contributed by atoms with Crippen LogP contribution in [-0.2, 0) is 9.59 Å². The predicted molar refractivity (Wildman–Crippen MR) is 108 cm³/mol. The van der Waals surface area contributed by atoms with Crippen molar-refractivity contribution < 1.29 is 14.3 Å². The summed E-state index contributed by atoms with van der Waals surface area (Å²) in [6, 6.07) is 17.0. The van der Waals surface area contributed by atoms with Crippen LogP contribution in [0.5, 0.6) is 5.75 Å². The molecule has 0 aliphatic heterocycles. The lowest BCUT2D eigenvalue weighted by atomic mass is 10.2. The van der Waals surface area contributed by atoms with Crippen LogP contribution in [0.4, 0.5) is 11.4 Å². The second-order valence-corrected chi connectivity index (χ2v) is 5.96. The van der Waals surface area contributed by atoms with E-state index in [4.69, 9.17) is 4.74 Å². The van der Waals surface area contributed by atoms with Crippen molar-refractivity contribution >= 4 is 23.2 Å². The molecule has 0 radical (unpaired) electrons. The van der Waals surface area contributed by atoms with Gasteiger partial charge >= 0.3 is 0 Å². The van der Waals surface area contributed by atoms with Gasteiger partial charge in [0.1, 0.15) is 5.75 Å². The summed E-state index contributed by atoms with van der Waals surface area (Å²) < 4.78 is 5.46. The molecule has 2 rings (SSSR count). The highest BCUT2D eigenvalue weighted by Gasteiger charge is 2.07. The third-order valence-electron chi connectivity index (χ3n) is 4.07. The van der Waals surface area contributed by atoms with Gasteiger partial charge in [0.15, 0.2) is 0 Å². The number of hydrogen-bond acceptors (Lipinski definition) is 4. The van der Waals surface area contributed by atoms with Crippen LogP contribution in [-0.4, -0.2) is 38.1 Å². The average Bonchev–Trinajstić information content (AvgIpc) is 2.69. The number of para-hydroxylation sites is 1. The molecule has 2 amide bonds. The fourth-order valence-corrected chi connectivity index (χ4v) is 2.60. The van der Waals surface area contributed by atoms with Gasteiger partial charge in [0, 0.05) is 24.5 Å². The van der Waals surface area contributed by atoms with Crippen LogP contribution in [0.15, 0.2) is 54.6 Å². The van der Waals surface area contributed by atoms with Crippen molar-refractivity contribution in [1.29, 1.82) is 0 Å². The van der Waals surface area contributed by atoms with Gasteiger partial charge in [-0.1, -0.05) is 18.2 Å². The number of nitrogens with zero attached hydrogens (tertiary/aromatic N) is 1. The van der Waals surface area contributed by atoms with Crippen LogP contribution in [0, 0.1) is 0 Å². The minimum absolute atomic E-state index is 0.0675. The third-order valence-corrected chi connectivity index (χ3v) is 4.07. The minimum atomic E-state index is -0.261. The Balaban J connectivity index is 1.68. The number of rotatable bonds is 10. The molecule has 0 atom stereocenters. The van der Waals surface area contributed by atoms with Gasteiger partial charge in [0.05, 0.1) is 19.6 Å². The lowest BCUT2D eigenvalue weighted by Gasteiger charge is -2.21. The summed E-state index contributed by atoms with van der Waals surface area (Å²) in [6.45, 7) is 6.27. The summed E-state index contributed by atoms with van der Waals surface area (Å²) in [7, 11) is 0. The molecule has 2 aromatic carbocycles. The molecule has 6 nitrogen and oxygen atoms in total. The SMILES string of the molecule is CCN(CC)c1ccc(NC(=O)CNC(=O)CCOc2ccccc2)cc1. The Kier molecular flexibility index (Phi) is 8.16. The predicted octanol–water partition coefficient (Wildman–Crippen LogP) is 3.06. The molecule has 0 heterocycles. The summed E-state index contributed by atoms with van der Waals surface area (Å²) in [5.74, 6) is 0.233. The number of amides is 2. The van der Waals surface area contributed by atoms with Crippen molar-refractivity contribution in [2.45, 2.75) is 20.3 Å². The van der Waals surface area contributed by atoms with E-state index in [0.717, 1.165) is 24.5 Å². The Morgan fingerprint density at radius 2 is 1.59 bits per heavy atom. The largest absolute Gasteiger partial charge is 0.493 e. The van der Waals surface area contributed by atoms with E-state index in [1.807, 2.05) is 54.6 Å². The van der Waals surface area contributed by atoms with E-state index < -0.39 is 0 Å². The summed E-state index contributed by atoms with van der Waals surface area (Å²) in [5, 5.41) is 5.38. The highest BCUT2D eigenvalue weighted by molar-refractivity contribution is 5.94. The van der Waals surface area contributed by atoms with Gasteiger partial charge in [-0.15, -0.1) is 0 Å². The van der Waals surface area contributed by atoms with E-state index in [0.29, 0.717) is 5.69 Å². The summed E-state index contributed by atoms with van der Waals surface area (Å²) in [5.41, 5.74) is 1.82. The molecular weight excluding hydrogens is 342 g/mol. The van der Waals surface area contributed by atoms with Crippen LogP contribution >= 0.6 is 0 Å². The topological polar surface area (TPSA) is 70.7 Å². The summed E-state index contributed by atoms with van der Waals surface area (Å²) in [4.78, 5) is 26.0. The van der Waals surface area contributed by atoms with Crippen LogP contribution < -0.4 is 20.3 Å². The fraction of sp³-hybridized carbons (Fsp3) is 0.333. The lowest BCUT2D eigenvalue weighted by Crippen LogP contribution is -2.33. The molecule has 0 aromatic heterocycles. The van der Waals surface area contributed by atoms with Crippen molar-refractivity contribution in [3.63, 3.8) is 0 Å². The maximum Gasteiger partial charge on any atom is 0.243 e. The van der Waals surface area contributed by atoms with Crippen molar-refractivity contribution in [3.05, 3.63) is 54.6 Å². The maximum atomic E-state index is 12.0. The lowest BCUT2D eigenvalue weighted by molar-refractivity contribution is -0.124. The first-order chi connectivity index (χ1) is 13.1. The Bertz CT molecular complexity index is 713. The molecule has 0 fully saturated rings. The van der Waals surface area contributed by atoms with E-state index in [2.05, 4.69) is 29.4 Å². The van der Waals surface area contributed by atoms with Crippen LogP contribution in [0.3, 0.4) is 0 Å². The number of carbonyl (C=O) groups is 2. The number of benzene rings is 2. The second-order valence-electron chi connectivity index (χ2n) is 5.96. The normalized spacial score (nSPS) is 10.1. The van der Waals surface area contributed by atoms with Gasteiger partial charge in [-0.2, -0.15) is 0 Å². The maximum absolute atomic E-state index is 12.0. The number of carbonyl (C=O) groups excluding carboxylic acids is 2. The van der Waals surface area contributed by atoms with E-state index in [1.165, 1.54) is 0 Å². The third kappa shape index (κ3) is 7.01. The first-order valence-corrected chi connectivity index (χ1v) is 9.21. The van der Waals surface area contributed by atoms with Gasteiger partial charge in [-0.05, 0) is 50.2 Å². The Morgan fingerprint density at radius 3 is 2.22 bits per heavy atom. The number of ether oxygens (including phenoxy) is 1. The van der Waals surface area contributed by atoms with E-state index >= 15 is 0 Å².